The van der Waals surface area contributed by atoms with Crippen molar-refractivity contribution in [3.63, 3.8) is 0 Å². The van der Waals surface area contributed by atoms with E-state index in [1.807, 2.05) is 18.2 Å². The smallest absolute Gasteiger partial charge is 0.0951 e. The zero-order valence-electron chi connectivity index (χ0n) is 4.77. The van der Waals surface area contributed by atoms with Crippen LogP contribution in [-0.4, -0.2) is 4.45 Å². The van der Waals surface area contributed by atoms with Crippen LogP contribution in [-0.2, 0) is 0 Å². The van der Waals surface area contributed by atoms with Crippen LogP contribution in [0.5, 0.6) is 0 Å². The van der Waals surface area contributed by atoms with E-state index in [4.69, 9.17) is 5.73 Å². The van der Waals surface area contributed by atoms with E-state index in [0.717, 1.165) is 10.9 Å². The minimum absolute atomic E-state index is 0.333. The van der Waals surface area contributed by atoms with E-state index in [-0.39, 0.29) is 4.45 Å². The Hall–Kier alpha value is 0.400. The molecule has 1 aliphatic rings. The molecule has 9 heavy (non-hydrogen) atoms. The molecule has 0 aliphatic heterocycles. The van der Waals surface area contributed by atoms with Crippen LogP contribution in [0.25, 0.3) is 0 Å². The van der Waals surface area contributed by atoms with Crippen LogP contribution < -0.4 is 5.73 Å². The molecule has 0 spiro atoms. The quantitative estimate of drug-likeness (QED) is 0.520. The van der Waals surface area contributed by atoms with Gasteiger partial charge in [0.05, 0.1) is 4.45 Å². The molecule has 0 aromatic heterocycles. The predicted molar refractivity (Wildman–Crippen MR) is 46.6 cm³/mol. The van der Waals surface area contributed by atoms with Gasteiger partial charge in [0.2, 0.25) is 0 Å². The van der Waals surface area contributed by atoms with Crippen molar-refractivity contribution in [2.75, 3.05) is 0 Å². The summed E-state index contributed by atoms with van der Waals surface area (Å²) in [6.07, 6.45) is 6.68. The molecule has 0 saturated heterocycles. The second-order valence-corrected chi connectivity index (χ2v) is 4.57. The van der Waals surface area contributed by atoms with Gasteiger partial charge in [-0.3, -0.25) is 0 Å². The maximum Gasteiger partial charge on any atom is 0.0951 e. The van der Waals surface area contributed by atoms with Crippen LogP contribution in [0.2, 0.25) is 0 Å². The molecule has 0 radical (unpaired) electrons. The largest absolute Gasteiger partial charge is 0.313 e. The average molecular weight is 253 g/mol. The van der Waals surface area contributed by atoms with E-state index in [0.29, 0.717) is 0 Å². The molecule has 3 heteroatoms. The van der Waals surface area contributed by atoms with Gasteiger partial charge >= 0.3 is 0 Å². The molecule has 1 unspecified atom stereocenters. The Labute approximate surface area is 71.3 Å². The molecule has 1 nitrogen and oxygen atoms in total. The summed E-state index contributed by atoms with van der Waals surface area (Å²) in [5, 5.41) is 0. The van der Waals surface area contributed by atoms with Gasteiger partial charge in [0.25, 0.3) is 0 Å². The fourth-order valence-electron chi connectivity index (χ4n) is 0.689. The molecule has 1 rings (SSSR count). The van der Waals surface area contributed by atoms with E-state index >= 15 is 0 Å². The molecule has 0 heterocycles. The van der Waals surface area contributed by atoms with Crippen LogP contribution >= 0.6 is 31.9 Å². The van der Waals surface area contributed by atoms with Crippen LogP contribution in [0.1, 0.15) is 6.42 Å². The molecule has 0 aromatic rings. The number of hydrogen-bond acceptors (Lipinski definition) is 1. The van der Waals surface area contributed by atoms with E-state index in [2.05, 4.69) is 31.9 Å². The lowest BCUT2D eigenvalue weighted by molar-refractivity contribution is 0.769. The highest BCUT2D eigenvalue weighted by Crippen LogP contribution is 2.28. The van der Waals surface area contributed by atoms with E-state index in [1.165, 1.54) is 0 Å². The van der Waals surface area contributed by atoms with E-state index < -0.39 is 0 Å². The van der Waals surface area contributed by atoms with Crippen LogP contribution in [0.15, 0.2) is 22.7 Å². The molecule has 2 N–H and O–H groups in total. The van der Waals surface area contributed by atoms with Gasteiger partial charge < -0.3 is 5.73 Å². The average Bonchev–Trinajstić information content (AvgIpc) is 1.60. The van der Waals surface area contributed by atoms with Crippen molar-refractivity contribution in [3.05, 3.63) is 22.7 Å². The third-order valence-electron chi connectivity index (χ3n) is 1.09. The molecular formula is C6H7Br2N. The Kier molecular flexibility index (Phi) is 2.14. The lowest BCUT2D eigenvalue weighted by atomic mass is 10.1. The Bertz CT molecular complexity index is 170. The van der Waals surface area contributed by atoms with Crippen molar-refractivity contribution in [3.8, 4) is 0 Å². The number of halogens is 2. The topological polar surface area (TPSA) is 26.0 Å². The monoisotopic (exact) mass is 251 g/mol. The summed E-state index contributed by atoms with van der Waals surface area (Å²) in [6, 6.07) is 0. The second-order valence-electron chi connectivity index (χ2n) is 2.08. The molecule has 0 bridgehead atoms. The number of alkyl halides is 1. The van der Waals surface area contributed by atoms with Crippen molar-refractivity contribution in [2.24, 2.45) is 5.73 Å². The van der Waals surface area contributed by atoms with Gasteiger partial charge in [0.1, 0.15) is 0 Å². The van der Waals surface area contributed by atoms with Crippen LogP contribution in [0.3, 0.4) is 0 Å². The highest BCUT2D eigenvalue weighted by Gasteiger charge is 2.19. The maximum atomic E-state index is 5.73. The number of rotatable bonds is 0. The summed E-state index contributed by atoms with van der Waals surface area (Å²) >= 11 is 6.72. The van der Waals surface area contributed by atoms with Crippen LogP contribution in [0.4, 0.5) is 0 Å². The van der Waals surface area contributed by atoms with Gasteiger partial charge in [0.15, 0.2) is 0 Å². The van der Waals surface area contributed by atoms with Gasteiger partial charge in [-0.2, -0.15) is 0 Å². The minimum Gasteiger partial charge on any atom is -0.313 e. The first-order valence-corrected chi connectivity index (χ1v) is 4.20. The highest BCUT2D eigenvalue weighted by atomic mass is 79.9. The third-order valence-corrected chi connectivity index (χ3v) is 2.18. The molecule has 0 saturated carbocycles. The van der Waals surface area contributed by atoms with Crippen molar-refractivity contribution >= 4 is 31.9 Å². The molecule has 1 aliphatic carbocycles. The lowest BCUT2D eigenvalue weighted by Crippen LogP contribution is -2.30. The van der Waals surface area contributed by atoms with Crippen molar-refractivity contribution in [1.29, 1.82) is 0 Å². The standard InChI is InChI=1S/C6H7Br2N/c7-5-2-1-3-6(8,9)4-5/h1-3H,4,9H2. The van der Waals surface area contributed by atoms with Crippen molar-refractivity contribution < 1.29 is 0 Å². The SMILES string of the molecule is NC1(Br)C=CC=C(Br)C1. The van der Waals surface area contributed by atoms with E-state index in [9.17, 15) is 0 Å². The van der Waals surface area contributed by atoms with Gasteiger partial charge in [-0.25, -0.2) is 0 Å². The fourth-order valence-corrected chi connectivity index (χ4v) is 2.14. The summed E-state index contributed by atoms with van der Waals surface area (Å²) in [4.78, 5) is 0. The molecule has 50 valence electrons. The molecular weight excluding hydrogens is 246 g/mol. The van der Waals surface area contributed by atoms with Gasteiger partial charge in [-0.1, -0.05) is 50.1 Å². The summed E-state index contributed by atoms with van der Waals surface area (Å²) < 4.78 is 0.796. The van der Waals surface area contributed by atoms with Crippen molar-refractivity contribution in [1.82, 2.24) is 0 Å². The van der Waals surface area contributed by atoms with Gasteiger partial charge in [0, 0.05) is 6.42 Å². The number of allylic oxidation sites excluding steroid dienone is 2. The Morgan fingerprint density at radius 3 is 2.67 bits per heavy atom. The third kappa shape index (κ3) is 2.24. The summed E-state index contributed by atoms with van der Waals surface area (Å²) in [5.74, 6) is 0. The number of nitrogens with two attached hydrogens (primary N) is 1. The number of hydrogen-bond donors (Lipinski definition) is 1. The van der Waals surface area contributed by atoms with E-state index in [1.54, 1.807) is 0 Å². The fraction of sp³-hybridized carbons (Fsp3) is 0.333. The first-order valence-electron chi connectivity index (χ1n) is 2.62. The minimum atomic E-state index is -0.333. The van der Waals surface area contributed by atoms with Gasteiger partial charge in [-0.05, 0) is 4.48 Å². The maximum absolute atomic E-state index is 5.73. The first-order chi connectivity index (χ1) is 4.10. The zero-order valence-corrected chi connectivity index (χ0v) is 7.94. The summed E-state index contributed by atoms with van der Waals surface area (Å²) in [6.45, 7) is 0. The Morgan fingerprint density at radius 1 is 1.67 bits per heavy atom. The Morgan fingerprint density at radius 2 is 2.33 bits per heavy atom. The van der Waals surface area contributed by atoms with Crippen LogP contribution in [0, 0.1) is 0 Å². The Balaban J connectivity index is 2.73. The molecule has 1 atom stereocenters. The molecule has 0 fully saturated rings. The van der Waals surface area contributed by atoms with Gasteiger partial charge in [-0.15, -0.1) is 0 Å². The summed E-state index contributed by atoms with van der Waals surface area (Å²) in [5.41, 5.74) is 5.73. The predicted octanol–water partition coefficient (Wildman–Crippen LogP) is 2.28. The molecule has 0 aromatic carbocycles. The molecule has 0 amide bonds. The second kappa shape index (κ2) is 2.56. The van der Waals surface area contributed by atoms with Crippen molar-refractivity contribution in [2.45, 2.75) is 10.9 Å². The first kappa shape index (κ1) is 7.51. The summed E-state index contributed by atoms with van der Waals surface area (Å²) in [7, 11) is 0. The lowest BCUT2D eigenvalue weighted by Gasteiger charge is -2.19. The zero-order chi connectivity index (χ0) is 6.91. The normalized spacial score (nSPS) is 34.3. The highest BCUT2D eigenvalue weighted by molar-refractivity contribution is 9.12.